The van der Waals surface area contributed by atoms with E-state index in [9.17, 15) is 13.2 Å². The number of rotatable bonds is 10. The lowest BCUT2D eigenvalue weighted by Crippen LogP contribution is -2.44. The first kappa shape index (κ1) is 25.1. The molecule has 1 N–H and O–H groups in total. The van der Waals surface area contributed by atoms with Crippen molar-refractivity contribution in [1.29, 1.82) is 0 Å². The van der Waals surface area contributed by atoms with E-state index < -0.39 is 10.0 Å². The molecule has 0 aliphatic carbocycles. The summed E-state index contributed by atoms with van der Waals surface area (Å²) in [6, 6.07) is 15.3. The molecule has 0 aromatic heterocycles. The van der Waals surface area contributed by atoms with Crippen LogP contribution in [0.15, 0.2) is 48.5 Å². The summed E-state index contributed by atoms with van der Waals surface area (Å²) >= 11 is 0. The number of methoxy groups -OCH3 is 2. The minimum atomic E-state index is -3.31. The summed E-state index contributed by atoms with van der Waals surface area (Å²) < 4.78 is 37.6. The van der Waals surface area contributed by atoms with E-state index >= 15 is 0 Å². The van der Waals surface area contributed by atoms with Gasteiger partial charge in [0.1, 0.15) is 0 Å². The molecule has 33 heavy (non-hydrogen) atoms. The fraction of sp³-hybridized carbons (Fsp3) is 0.480. The van der Waals surface area contributed by atoms with Gasteiger partial charge >= 0.3 is 0 Å². The summed E-state index contributed by atoms with van der Waals surface area (Å²) in [6.45, 7) is 2.69. The second-order valence-electron chi connectivity index (χ2n) is 8.42. The minimum Gasteiger partial charge on any atom is -0.493 e. The lowest BCUT2D eigenvalue weighted by Gasteiger charge is -2.31. The van der Waals surface area contributed by atoms with Crippen molar-refractivity contribution < 1.29 is 22.7 Å². The fourth-order valence-corrected chi connectivity index (χ4v) is 5.70. The molecule has 1 aliphatic heterocycles. The number of nitrogens with zero attached hydrogens (tertiary/aromatic N) is 1. The maximum atomic E-state index is 12.8. The predicted octanol–water partition coefficient (Wildman–Crippen LogP) is 3.56. The Balaban J connectivity index is 1.48. The van der Waals surface area contributed by atoms with E-state index in [-0.39, 0.29) is 23.6 Å². The molecule has 0 unspecified atom stereocenters. The van der Waals surface area contributed by atoms with Crippen LogP contribution >= 0.6 is 0 Å². The van der Waals surface area contributed by atoms with Gasteiger partial charge in [0.15, 0.2) is 11.5 Å². The molecule has 0 saturated carbocycles. The Morgan fingerprint density at radius 2 is 1.73 bits per heavy atom. The quantitative estimate of drug-likeness (QED) is 0.569. The van der Waals surface area contributed by atoms with Crippen molar-refractivity contribution in [1.82, 2.24) is 9.62 Å². The van der Waals surface area contributed by atoms with Crippen LogP contribution < -0.4 is 14.8 Å². The summed E-state index contributed by atoms with van der Waals surface area (Å²) in [7, 11) is -0.147. The van der Waals surface area contributed by atoms with Gasteiger partial charge in [-0.25, -0.2) is 12.7 Å². The van der Waals surface area contributed by atoms with Crippen LogP contribution in [0, 0.1) is 5.92 Å². The SMILES string of the molecule is COc1ccc([C@@H](C)NC(=O)C2CCN(S(=O)(=O)CCCc3ccccc3)CC2)cc1OC. The molecule has 1 aliphatic rings. The average molecular weight is 475 g/mol. The summed E-state index contributed by atoms with van der Waals surface area (Å²) in [4.78, 5) is 12.8. The normalized spacial score (nSPS) is 16.2. The Morgan fingerprint density at radius 1 is 1.06 bits per heavy atom. The molecule has 3 rings (SSSR count). The number of carbonyl (C=O) groups is 1. The first-order valence-electron chi connectivity index (χ1n) is 11.4. The molecule has 1 fully saturated rings. The lowest BCUT2D eigenvalue weighted by molar-refractivity contribution is -0.126. The number of hydrogen-bond acceptors (Lipinski definition) is 5. The van der Waals surface area contributed by atoms with E-state index in [4.69, 9.17) is 9.47 Å². The van der Waals surface area contributed by atoms with Gasteiger partial charge in [-0.2, -0.15) is 0 Å². The second kappa shape index (κ2) is 11.5. The number of sulfonamides is 1. The van der Waals surface area contributed by atoms with Crippen LogP contribution in [0.4, 0.5) is 0 Å². The van der Waals surface area contributed by atoms with E-state index in [1.807, 2.05) is 55.5 Å². The van der Waals surface area contributed by atoms with Crippen LogP contribution in [0.1, 0.15) is 43.4 Å². The van der Waals surface area contributed by atoms with Crippen molar-refractivity contribution in [2.45, 2.75) is 38.6 Å². The Bertz CT molecular complexity index is 1020. The first-order valence-corrected chi connectivity index (χ1v) is 13.0. The molecule has 7 nitrogen and oxygen atoms in total. The van der Waals surface area contributed by atoms with Crippen LogP contribution in [0.3, 0.4) is 0 Å². The standard InChI is InChI=1S/C25H34N2O5S/c1-19(22-11-12-23(31-2)24(18-22)32-3)26-25(28)21-13-15-27(16-14-21)33(29,30)17-7-10-20-8-5-4-6-9-20/h4-6,8-9,11-12,18-19,21H,7,10,13-17H2,1-3H3,(H,26,28)/t19-/m1/s1. The monoisotopic (exact) mass is 474 g/mol. The van der Waals surface area contributed by atoms with Crippen LogP contribution in [0.5, 0.6) is 11.5 Å². The van der Waals surface area contributed by atoms with Crippen molar-refractivity contribution in [3.05, 3.63) is 59.7 Å². The Hall–Kier alpha value is -2.58. The largest absolute Gasteiger partial charge is 0.493 e. The molecule has 0 bridgehead atoms. The molecule has 8 heteroatoms. The van der Waals surface area contributed by atoms with E-state index in [1.165, 1.54) is 0 Å². The smallest absolute Gasteiger partial charge is 0.223 e. The number of carbonyl (C=O) groups excluding carboxylic acids is 1. The van der Waals surface area contributed by atoms with Gasteiger partial charge in [-0.1, -0.05) is 36.4 Å². The molecule has 2 aromatic carbocycles. The Morgan fingerprint density at radius 3 is 2.36 bits per heavy atom. The second-order valence-corrected chi connectivity index (χ2v) is 10.5. The number of ether oxygens (including phenoxy) is 2. The van der Waals surface area contributed by atoms with Crippen molar-refractivity contribution in [2.24, 2.45) is 5.92 Å². The van der Waals surface area contributed by atoms with Gasteiger partial charge in [0, 0.05) is 19.0 Å². The number of hydrogen-bond donors (Lipinski definition) is 1. The maximum Gasteiger partial charge on any atom is 0.223 e. The molecular formula is C25H34N2O5S. The van der Waals surface area contributed by atoms with Crippen molar-refractivity contribution in [2.75, 3.05) is 33.1 Å². The van der Waals surface area contributed by atoms with E-state index in [1.54, 1.807) is 18.5 Å². The van der Waals surface area contributed by atoms with Crippen LogP contribution in [-0.4, -0.2) is 51.7 Å². The zero-order chi connectivity index (χ0) is 23.8. The van der Waals surface area contributed by atoms with Crippen LogP contribution in [-0.2, 0) is 21.2 Å². The van der Waals surface area contributed by atoms with E-state index in [2.05, 4.69) is 5.32 Å². The molecule has 0 spiro atoms. The minimum absolute atomic E-state index is 0.0431. The molecule has 1 heterocycles. The first-order chi connectivity index (χ1) is 15.8. The van der Waals surface area contributed by atoms with E-state index in [0.29, 0.717) is 43.9 Å². The van der Waals surface area contributed by atoms with Crippen LogP contribution in [0.2, 0.25) is 0 Å². The predicted molar refractivity (Wildman–Crippen MR) is 129 cm³/mol. The number of nitrogens with one attached hydrogen (secondary N) is 1. The zero-order valence-electron chi connectivity index (χ0n) is 19.6. The highest BCUT2D eigenvalue weighted by molar-refractivity contribution is 7.89. The number of aryl methyl sites for hydroxylation is 1. The van der Waals surface area contributed by atoms with Crippen molar-refractivity contribution >= 4 is 15.9 Å². The van der Waals surface area contributed by atoms with Gasteiger partial charge in [0.25, 0.3) is 0 Å². The highest BCUT2D eigenvalue weighted by atomic mass is 32.2. The van der Waals surface area contributed by atoms with E-state index in [0.717, 1.165) is 17.5 Å². The summed E-state index contributed by atoms with van der Waals surface area (Å²) in [5.41, 5.74) is 2.06. The Kier molecular flexibility index (Phi) is 8.74. The molecular weight excluding hydrogens is 440 g/mol. The molecule has 180 valence electrons. The lowest BCUT2D eigenvalue weighted by atomic mass is 9.96. The summed E-state index contributed by atoms with van der Waals surface area (Å²) in [5.74, 6) is 1.15. The molecule has 1 atom stereocenters. The highest BCUT2D eigenvalue weighted by Gasteiger charge is 2.31. The number of amides is 1. The van der Waals surface area contributed by atoms with Gasteiger partial charge in [-0.15, -0.1) is 0 Å². The van der Waals surface area contributed by atoms with Crippen LogP contribution in [0.25, 0.3) is 0 Å². The summed E-state index contributed by atoms with van der Waals surface area (Å²) in [5, 5.41) is 3.06. The third-order valence-corrected chi connectivity index (χ3v) is 8.15. The van der Waals surface area contributed by atoms with Gasteiger partial charge in [0.05, 0.1) is 26.0 Å². The summed E-state index contributed by atoms with van der Waals surface area (Å²) in [6.07, 6.45) is 2.40. The van der Waals surface area contributed by atoms with Gasteiger partial charge in [0.2, 0.25) is 15.9 Å². The molecule has 0 radical (unpaired) electrons. The van der Waals surface area contributed by atoms with Gasteiger partial charge < -0.3 is 14.8 Å². The maximum absolute atomic E-state index is 12.8. The Labute approximate surface area is 197 Å². The number of benzene rings is 2. The topological polar surface area (TPSA) is 84.9 Å². The molecule has 2 aromatic rings. The highest BCUT2D eigenvalue weighted by Crippen LogP contribution is 2.30. The third-order valence-electron chi connectivity index (χ3n) is 6.20. The third kappa shape index (κ3) is 6.71. The van der Waals surface area contributed by atoms with Crippen molar-refractivity contribution in [3.8, 4) is 11.5 Å². The van der Waals surface area contributed by atoms with Gasteiger partial charge in [-0.05, 0) is 55.9 Å². The molecule has 1 amide bonds. The van der Waals surface area contributed by atoms with Crippen molar-refractivity contribution in [3.63, 3.8) is 0 Å². The average Bonchev–Trinajstić information content (AvgIpc) is 2.84. The zero-order valence-corrected chi connectivity index (χ0v) is 20.4. The number of piperidine rings is 1. The van der Waals surface area contributed by atoms with Gasteiger partial charge in [-0.3, -0.25) is 4.79 Å². The molecule has 1 saturated heterocycles. The fourth-order valence-electron chi connectivity index (χ4n) is 4.17.